The summed E-state index contributed by atoms with van der Waals surface area (Å²) in [6, 6.07) is 9.56. The predicted octanol–water partition coefficient (Wildman–Crippen LogP) is -0.0195. The SMILES string of the molecule is CN1CCN(S(=O)(=O)N2C[C@@H]3OCCC(=O)N(Cc4ccccc4)[C@H]3C2)CC1. The molecule has 1 aromatic carbocycles. The number of amides is 1. The molecule has 3 fully saturated rings. The van der Waals surface area contributed by atoms with Gasteiger partial charge in [0.1, 0.15) is 0 Å². The van der Waals surface area contributed by atoms with E-state index in [4.69, 9.17) is 4.74 Å². The lowest BCUT2D eigenvalue weighted by molar-refractivity contribution is -0.133. The molecule has 3 heterocycles. The van der Waals surface area contributed by atoms with Crippen LogP contribution in [0.25, 0.3) is 0 Å². The molecule has 1 amide bonds. The van der Waals surface area contributed by atoms with Gasteiger partial charge in [-0.05, 0) is 12.6 Å². The van der Waals surface area contributed by atoms with Crippen LogP contribution in [-0.4, -0.2) is 97.8 Å². The summed E-state index contributed by atoms with van der Waals surface area (Å²) in [4.78, 5) is 16.7. The van der Waals surface area contributed by atoms with Crippen LogP contribution in [0.4, 0.5) is 0 Å². The van der Waals surface area contributed by atoms with E-state index in [1.807, 2.05) is 42.3 Å². The highest BCUT2D eigenvalue weighted by atomic mass is 32.2. The van der Waals surface area contributed by atoms with Crippen molar-refractivity contribution in [1.29, 1.82) is 0 Å². The van der Waals surface area contributed by atoms with Gasteiger partial charge in [0.2, 0.25) is 5.91 Å². The van der Waals surface area contributed by atoms with Gasteiger partial charge in [-0.2, -0.15) is 17.0 Å². The number of benzene rings is 1. The van der Waals surface area contributed by atoms with Crippen molar-refractivity contribution in [3.63, 3.8) is 0 Å². The molecule has 3 aliphatic heterocycles. The van der Waals surface area contributed by atoms with E-state index in [1.165, 1.54) is 4.31 Å². The number of piperazine rings is 1. The highest BCUT2D eigenvalue weighted by Crippen LogP contribution is 2.28. The molecule has 1 aromatic rings. The third-order valence-corrected chi connectivity index (χ3v) is 7.85. The molecule has 2 atom stereocenters. The second kappa shape index (κ2) is 8.08. The lowest BCUT2D eigenvalue weighted by Crippen LogP contribution is -2.52. The summed E-state index contributed by atoms with van der Waals surface area (Å²) in [6.07, 6.45) is 0.0582. The van der Waals surface area contributed by atoms with E-state index >= 15 is 0 Å². The van der Waals surface area contributed by atoms with Crippen molar-refractivity contribution in [1.82, 2.24) is 18.4 Å². The minimum Gasteiger partial charge on any atom is -0.374 e. The number of ether oxygens (including phenoxy) is 1. The van der Waals surface area contributed by atoms with Crippen molar-refractivity contribution in [2.45, 2.75) is 25.1 Å². The van der Waals surface area contributed by atoms with Gasteiger partial charge in [0.05, 0.1) is 25.2 Å². The Morgan fingerprint density at radius 1 is 1.04 bits per heavy atom. The van der Waals surface area contributed by atoms with Crippen molar-refractivity contribution < 1.29 is 17.9 Å². The molecule has 28 heavy (non-hydrogen) atoms. The maximum Gasteiger partial charge on any atom is 0.282 e. The van der Waals surface area contributed by atoms with Crippen LogP contribution in [0.15, 0.2) is 30.3 Å². The van der Waals surface area contributed by atoms with E-state index in [0.29, 0.717) is 39.2 Å². The monoisotopic (exact) mass is 408 g/mol. The molecule has 9 heteroatoms. The van der Waals surface area contributed by atoms with E-state index in [2.05, 4.69) is 4.90 Å². The Bertz CT molecular complexity index is 795. The normalized spacial score (nSPS) is 28.3. The fourth-order valence-corrected chi connectivity index (χ4v) is 5.80. The van der Waals surface area contributed by atoms with Gasteiger partial charge in [0, 0.05) is 45.8 Å². The van der Waals surface area contributed by atoms with Crippen LogP contribution in [0.5, 0.6) is 0 Å². The molecule has 0 aromatic heterocycles. The lowest BCUT2D eigenvalue weighted by Gasteiger charge is -2.34. The summed E-state index contributed by atoms with van der Waals surface area (Å²) in [5.74, 6) is 0.0233. The van der Waals surface area contributed by atoms with Gasteiger partial charge in [-0.1, -0.05) is 30.3 Å². The van der Waals surface area contributed by atoms with Gasteiger partial charge >= 0.3 is 0 Å². The van der Waals surface area contributed by atoms with Crippen molar-refractivity contribution in [3.8, 4) is 0 Å². The third-order valence-electron chi connectivity index (χ3n) is 5.88. The van der Waals surface area contributed by atoms with Gasteiger partial charge in [-0.15, -0.1) is 0 Å². The van der Waals surface area contributed by atoms with Crippen LogP contribution in [-0.2, 0) is 26.3 Å². The van der Waals surface area contributed by atoms with Crippen LogP contribution in [0.2, 0.25) is 0 Å². The Kier molecular flexibility index (Phi) is 5.71. The molecule has 154 valence electrons. The predicted molar refractivity (Wildman–Crippen MR) is 105 cm³/mol. The Morgan fingerprint density at radius 3 is 2.46 bits per heavy atom. The Balaban J connectivity index is 1.52. The first-order chi connectivity index (χ1) is 13.4. The molecular weight excluding hydrogens is 380 g/mol. The van der Waals surface area contributed by atoms with E-state index in [-0.39, 0.29) is 24.6 Å². The molecule has 0 aliphatic carbocycles. The summed E-state index contributed by atoms with van der Waals surface area (Å²) in [6.45, 7) is 3.87. The van der Waals surface area contributed by atoms with Crippen molar-refractivity contribution in [2.75, 3.05) is 52.9 Å². The molecule has 0 unspecified atom stereocenters. The van der Waals surface area contributed by atoms with Crippen LogP contribution in [0.1, 0.15) is 12.0 Å². The second-order valence-electron chi connectivity index (χ2n) is 7.76. The molecular formula is C19H28N4O4S. The first kappa shape index (κ1) is 19.8. The molecule has 8 nitrogen and oxygen atoms in total. The Hall–Kier alpha value is -1.52. The number of hydrogen-bond donors (Lipinski definition) is 0. The number of fused-ring (bicyclic) bond motifs is 1. The zero-order valence-electron chi connectivity index (χ0n) is 16.2. The summed E-state index contributed by atoms with van der Waals surface area (Å²) < 4.78 is 35.3. The van der Waals surface area contributed by atoms with Crippen LogP contribution in [0.3, 0.4) is 0 Å². The number of rotatable bonds is 4. The smallest absolute Gasteiger partial charge is 0.282 e. The minimum atomic E-state index is -3.55. The average Bonchev–Trinajstić information content (AvgIpc) is 3.06. The largest absolute Gasteiger partial charge is 0.374 e. The van der Waals surface area contributed by atoms with Crippen LogP contribution >= 0.6 is 0 Å². The fourth-order valence-electron chi connectivity index (χ4n) is 4.17. The fraction of sp³-hybridized carbons (Fsp3) is 0.632. The maximum absolute atomic E-state index is 13.1. The minimum absolute atomic E-state index is 0.0233. The average molecular weight is 409 g/mol. The summed E-state index contributed by atoms with van der Waals surface area (Å²) in [5, 5.41) is 0. The second-order valence-corrected chi connectivity index (χ2v) is 9.69. The molecule has 0 N–H and O–H groups in total. The molecule has 0 spiro atoms. The molecule has 0 saturated carbocycles. The number of nitrogens with zero attached hydrogens (tertiary/aromatic N) is 4. The highest BCUT2D eigenvalue weighted by Gasteiger charge is 2.46. The number of carbonyl (C=O) groups excluding carboxylic acids is 1. The molecule has 0 bridgehead atoms. The van der Waals surface area contributed by atoms with Gasteiger partial charge < -0.3 is 14.5 Å². The van der Waals surface area contributed by atoms with Gasteiger partial charge in [0.15, 0.2) is 0 Å². The highest BCUT2D eigenvalue weighted by molar-refractivity contribution is 7.86. The van der Waals surface area contributed by atoms with Crippen LogP contribution < -0.4 is 0 Å². The van der Waals surface area contributed by atoms with Gasteiger partial charge in [-0.25, -0.2) is 0 Å². The van der Waals surface area contributed by atoms with Crippen molar-refractivity contribution in [2.24, 2.45) is 0 Å². The topological polar surface area (TPSA) is 73.4 Å². The van der Waals surface area contributed by atoms with E-state index < -0.39 is 10.2 Å². The first-order valence-electron chi connectivity index (χ1n) is 9.84. The summed E-state index contributed by atoms with van der Waals surface area (Å²) >= 11 is 0. The summed E-state index contributed by atoms with van der Waals surface area (Å²) in [5.41, 5.74) is 1.04. The van der Waals surface area contributed by atoms with E-state index in [9.17, 15) is 13.2 Å². The number of hydrogen-bond acceptors (Lipinski definition) is 5. The first-order valence-corrected chi connectivity index (χ1v) is 11.2. The zero-order valence-corrected chi connectivity index (χ0v) is 17.1. The Labute approximate surface area is 166 Å². The molecule has 4 rings (SSSR count). The van der Waals surface area contributed by atoms with Crippen molar-refractivity contribution >= 4 is 16.1 Å². The van der Waals surface area contributed by atoms with E-state index in [1.54, 1.807) is 4.31 Å². The quantitative estimate of drug-likeness (QED) is 0.700. The van der Waals surface area contributed by atoms with Gasteiger partial charge in [-0.3, -0.25) is 4.79 Å². The standard InChI is InChI=1S/C19H28N4O4S/c1-20-8-10-21(11-9-20)28(25,26)22-14-17-18(15-22)27-12-7-19(24)23(17)13-16-5-3-2-4-6-16/h2-6,17-18H,7-15H2,1H3/t17-,18-/m0/s1. The number of carbonyl (C=O) groups is 1. The number of likely N-dealkylation sites (N-methyl/N-ethyl adjacent to an activating group) is 1. The molecule has 0 radical (unpaired) electrons. The zero-order chi connectivity index (χ0) is 19.7. The Morgan fingerprint density at radius 2 is 1.75 bits per heavy atom. The lowest BCUT2D eigenvalue weighted by atomic mass is 10.1. The maximum atomic E-state index is 13.1. The third kappa shape index (κ3) is 3.95. The summed E-state index contributed by atoms with van der Waals surface area (Å²) in [7, 11) is -1.55. The van der Waals surface area contributed by atoms with Crippen molar-refractivity contribution in [3.05, 3.63) is 35.9 Å². The van der Waals surface area contributed by atoms with Crippen LogP contribution in [0, 0.1) is 0 Å². The molecule has 3 saturated heterocycles. The van der Waals surface area contributed by atoms with E-state index in [0.717, 1.165) is 18.7 Å². The molecule has 3 aliphatic rings. The van der Waals surface area contributed by atoms with Gasteiger partial charge in [0.25, 0.3) is 10.2 Å².